The summed E-state index contributed by atoms with van der Waals surface area (Å²) in [5, 5.41) is 8.00. The average molecular weight is 358 g/mol. The minimum Gasteiger partial charge on any atom is -0.0616 e. The van der Waals surface area contributed by atoms with Crippen LogP contribution in [0.1, 0.15) is 25.3 Å². The minimum absolute atomic E-state index is 0.428. The largest absolute Gasteiger partial charge is 0.0616 e. The van der Waals surface area contributed by atoms with E-state index in [1.807, 2.05) is 0 Å². The molecule has 28 heavy (non-hydrogen) atoms. The second kappa shape index (κ2) is 5.69. The summed E-state index contributed by atoms with van der Waals surface area (Å²) in [4.78, 5) is 0. The molecule has 1 aliphatic rings. The summed E-state index contributed by atoms with van der Waals surface area (Å²) in [5.74, 6) is 0. The lowest BCUT2D eigenvalue weighted by Crippen LogP contribution is -1.98. The van der Waals surface area contributed by atoms with Crippen molar-refractivity contribution in [3.05, 3.63) is 96.6 Å². The Hall–Kier alpha value is -3.12. The summed E-state index contributed by atoms with van der Waals surface area (Å²) in [6.07, 6.45) is 2.64. The zero-order valence-electron chi connectivity index (χ0n) is 16.1. The zero-order chi connectivity index (χ0) is 18.7. The summed E-state index contributed by atoms with van der Waals surface area (Å²) in [7, 11) is 0. The molecule has 0 heterocycles. The zero-order valence-corrected chi connectivity index (χ0v) is 16.1. The quantitative estimate of drug-likeness (QED) is 0.282. The molecule has 1 saturated carbocycles. The molecule has 1 aliphatic carbocycles. The highest BCUT2D eigenvalue weighted by atomic mass is 14.4. The second-order valence-electron chi connectivity index (χ2n) is 8.49. The molecule has 0 saturated heterocycles. The molecule has 5 aromatic rings. The van der Waals surface area contributed by atoms with Gasteiger partial charge >= 0.3 is 0 Å². The van der Waals surface area contributed by atoms with Gasteiger partial charge in [0, 0.05) is 0 Å². The van der Waals surface area contributed by atoms with Gasteiger partial charge in [0.25, 0.3) is 0 Å². The van der Waals surface area contributed by atoms with Gasteiger partial charge in [-0.15, -0.1) is 0 Å². The maximum Gasteiger partial charge on any atom is -0.00746 e. The summed E-state index contributed by atoms with van der Waals surface area (Å²) >= 11 is 0. The van der Waals surface area contributed by atoms with E-state index in [0.717, 1.165) is 0 Å². The van der Waals surface area contributed by atoms with Crippen LogP contribution in [0.4, 0.5) is 0 Å². The Morgan fingerprint density at radius 2 is 0.964 bits per heavy atom. The van der Waals surface area contributed by atoms with Gasteiger partial charge in [-0.1, -0.05) is 91.9 Å². The molecule has 0 N–H and O–H groups in total. The highest BCUT2D eigenvalue weighted by Gasteiger charge is 2.38. The fourth-order valence-electron chi connectivity index (χ4n) is 4.63. The van der Waals surface area contributed by atoms with Gasteiger partial charge in [-0.05, 0) is 73.3 Å². The summed E-state index contributed by atoms with van der Waals surface area (Å²) in [6, 6.07) is 33.7. The van der Waals surface area contributed by atoms with E-state index in [2.05, 4.69) is 97.9 Å². The lowest BCUT2D eigenvalue weighted by Gasteiger charge is -2.13. The van der Waals surface area contributed by atoms with Gasteiger partial charge in [-0.25, -0.2) is 0 Å². The van der Waals surface area contributed by atoms with Crippen LogP contribution in [0.3, 0.4) is 0 Å². The standard InChI is InChI=1S/C28H22/c1-28(16-17-28)21-13-10-19(11-14-21)20-12-15-26-24-8-3-2-6-22(24)23-7-4-5-9-25(23)27(26)18-20/h2-15,18H,16-17H2,1H3. The molecular formula is C28H22. The molecule has 0 nitrogen and oxygen atoms in total. The van der Waals surface area contributed by atoms with Crippen LogP contribution in [0.15, 0.2) is 91.0 Å². The van der Waals surface area contributed by atoms with E-state index in [-0.39, 0.29) is 0 Å². The Kier molecular flexibility index (Phi) is 3.23. The Bertz CT molecular complexity index is 1320. The maximum absolute atomic E-state index is 2.37. The van der Waals surface area contributed by atoms with E-state index < -0.39 is 0 Å². The fourth-order valence-corrected chi connectivity index (χ4v) is 4.63. The van der Waals surface area contributed by atoms with Gasteiger partial charge in [-0.3, -0.25) is 0 Å². The topological polar surface area (TPSA) is 0 Å². The van der Waals surface area contributed by atoms with Crippen molar-refractivity contribution < 1.29 is 0 Å². The number of fused-ring (bicyclic) bond motifs is 6. The van der Waals surface area contributed by atoms with Crippen LogP contribution < -0.4 is 0 Å². The molecule has 0 spiro atoms. The number of hydrogen-bond donors (Lipinski definition) is 0. The smallest absolute Gasteiger partial charge is 0.00746 e. The second-order valence-corrected chi connectivity index (χ2v) is 8.49. The van der Waals surface area contributed by atoms with Crippen LogP contribution in [0.25, 0.3) is 43.4 Å². The fraction of sp³-hybridized carbons (Fsp3) is 0.143. The minimum atomic E-state index is 0.428. The first-order valence-corrected chi connectivity index (χ1v) is 10.2. The van der Waals surface area contributed by atoms with E-state index in [1.165, 1.54) is 61.8 Å². The van der Waals surface area contributed by atoms with Crippen molar-refractivity contribution >= 4 is 32.3 Å². The third-order valence-electron chi connectivity index (χ3n) is 6.66. The van der Waals surface area contributed by atoms with Crippen LogP contribution >= 0.6 is 0 Å². The van der Waals surface area contributed by atoms with Crippen molar-refractivity contribution in [1.82, 2.24) is 0 Å². The van der Waals surface area contributed by atoms with Crippen molar-refractivity contribution in [3.8, 4) is 11.1 Å². The van der Waals surface area contributed by atoms with E-state index in [9.17, 15) is 0 Å². The van der Waals surface area contributed by atoms with E-state index in [1.54, 1.807) is 0 Å². The third kappa shape index (κ3) is 2.31. The van der Waals surface area contributed by atoms with Gasteiger partial charge in [0.1, 0.15) is 0 Å². The highest BCUT2D eigenvalue weighted by molar-refractivity contribution is 6.25. The number of benzene rings is 5. The molecule has 6 rings (SSSR count). The van der Waals surface area contributed by atoms with Crippen molar-refractivity contribution in [2.45, 2.75) is 25.2 Å². The lowest BCUT2D eigenvalue weighted by atomic mass is 9.91. The molecule has 0 heteroatoms. The SMILES string of the molecule is CC1(c2ccc(-c3ccc4c5ccccc5c5ccccc5c4c3)cc2)CC1. The predicted octanol–water partition coefficient (Wildman–Crippen LogP) is 7.86. The maximum atomic E-state index is 2.37. The molecule has 1 fully saturated rings. The van der Waals surface area contributed by atoms with Gasteiger partial charge in [-0.2, -0.15) is 0 Å². The Balaban J connectivity index is 1.60. The van der Waals surface area contributed by atoms with Gasteiger partial charge in [0.2, 0.25) is 0 Å². The monoisotopic (exact) mass is 358 g/mol. The summed E-state index contributed by atoms with van der Waals surface area (Å²) in [6.45, 7) is 2.37. The van der Waals surface area contributed by atoms with Crippen LogP contribution in [-0.4, -0.2) is 0 Å². The molecule has 0 bridgehead atoms. The highest BCUT2D eigenvalue weighted by Crippen LogP contribution is 2.47. The Morgan fingerprint density at radius 3 is 1.50 bits per heavy atom. The van der Waals surface area contributed by atoms with Crippen molar-refractivity contribution in [2.24, 2.45) is 0 Å². The molecule has 0 unspecified atom stereocenters. The van der Waals surface area contributed by atoms with E-state index in [0.29, 0.717) is 5.41 Å². The number of hydrogen-bond acceptors (Lipinski definition) is 0. The first-order valence-electron chi connectivity index (χ1n) is 10.2. The average Bonchev–Trinajstić information content (AvgIpc) is 3.52. The van der Waals surface area contributed by atoms with Crippen LogP contribution in [0.2, 0.25) is 0 Å². The summed E-state index contributed by atoms with van der Waals surface area (Å²) < 4.78 is 0. The Labute approximate surface area is 165 Å². The van der Waals surface area contributed by atoms with Crippen molar-refractivity contribution in [1.29, 1.82) is 0 Å². The number of rotatable bonds is 2. The molecule has 5 aromatic carbocycles. The Morgan fingerprint density at radius 1 is 0.500 bits per heavy atom. The van der Waals surface area contributed by atoms with Gasteiger partial charge in [0.05, 0.1) is 0 Å². The van der Waals surface area contributed by atoms with Crippen LogP contribution in [-0.2, 0) is 5.41 Å². The molecule has 0 radical (unpaired) electrons. The van der Waals surface area contributed by atoms with Crippen LogP contribution in [0, 0.1) is 0 Å². The summed E-state index contributed by atoms with van der Waals surface area (Å²) in [5.41, 5.74) is 4.50. The first-order chi connectivity index (χ1) is 13.7. The molecule has 0 aromatic heterocycles. The van der Waals surface area contributed by atoms with E-state index in [4.69, 9.17) is 0 Å². The van der Waals surface area contributed by atoms with Gasteiger partial charge in [0.15, 0.2) is 0 Å². The van der Waals surface area contributed by atoms with Crippen molar-refractivity contribution in [2.75, 3.05) is 0 Å². The van der Waals surface area contributed by atoms with Crippen LogP contribution in [0.5, 0.6) is 0 Å². The molecular weight excluding hydrogens is 336 g/mol. The third-order valence-corrected chi connectivity index (χ3v) is 6.66. The van der Waals surface area contributed by atoms with E-state index >= 15 is 0 Å². The molecule has 0 amide bonds. The van der Waals surface area contributed by atoms with Gasteiger partial charge < -0.3 is 0 Å². The molecule has 0 atom stereocenters. The normalized spacial score (nSPS) is 15.3. The van der Waals surface area contributed by atoms with Crippen molar-refractivity contribution in [3.63, 3.8) is 0 Å². The predicted molar refractivity (Wildman–Crippen MR) is 121 cm³/mol. The first kappa shape index (κ1) is 15.9. The molecule has 134 valence electrons. The lowest BCUT2D eigenvalue weighted by molar-refractivity contribution is 0.788. The molecule has 0 aliphatic heterocycles.